The van der Waals surface area contributed by atoms with Crippen molar-refractivity contribution in [2.45, 2.75) is 39.0 Å². The molecule has 0 aliphatic heterocycles. The molecule has 0 aliphatic rings. The van der Waals surface area contributed by atoms with Crippen molar-refractivity contribution >= 4 is 11.6 Å². The summed E-state index contributed by atoms with van der Waals surface area (Å²) in [6, 6.07) is 4.49. The van der Waals surface area contributed by atoms with E-state index in [0.29, 0.717) is 23.3 Å². The quantitative estimate of drug-likeness (QED) is 0.323. The van der Waals surface area contributed by atoms with Crippen molar-refractivity contribution in [2.75, 3.05) is 6.61 Å². The number of allylic oxidation sites excluding steroid dienone is 1. The Morgan fingerprint density at radius 1 is 1.32 bits per heavy atom. The van der Waals surface area contributed by atoms with E-state index >= 15 is 0 Å². The van der Waals surface area contributed by atoms with Gasteiger partial charge < -0.3 is 15.2 Å². The van der Waals surface area contributed by atoms with Gasteiger partial charge in [-0.15, -0.1) is 6.58 Å². The van der Waals surface area contributed by atoms with Crippen LogP contribution in [-0.2, 0) is 19.1 Å². The van der Waals surface area contributed by atoms with Crippen LogP contribution in [0.5, 0.6) is 11.6 Å². The lowest BCUT2D eigenvalue weighted by Gasteiger charge is -2.14. The van der Waals surface area contributed by atoms with Gasteiger partial charge in [0.2, 0.25) is 5.65 Å². The lowest BCUT2D eigenvalue weighted by atomic mass is 10.0. The standard InChI is InChI=1S/C25H25F3N6O3/c1-4-9-33-13-19(21(32-33)25(26,27)28)20-12-30-22-24(29-8-10-34(20)22)37-17-6-7-18(16(5-2)11-17)23(36)31-15(3)14-35/h4,6-8,10-13,15,35H,1,5,9,14H2,2-3H3,(H,31,36)/t15-/m0/s1. The first kappa shape index (κ1) is 25.9. The van der Waals surface area contributed by atoms with E-state index in [9.17, 15) is 23.1 Å². The number of ether oxygens (including phenoxy) is 1. The van der Waals surface area contributed by atoms with E-state index in [1.54, 1.807) is 25.1 Å². The number of nitrogens with zero attached hydrogens (tertiary/aromatic N) is 5. The second-order valence-corrected chi connectivity index (χ2v) is 8.30. The molecule has 2 N–H and O–H groups in total. The van der Waals surface area contributed by atoms with Crippen LogP contribution in [0.2, 0.25) is 0 Å². The molecule has 3 aromatic heterocycles. The van der Waals surface area contributed by atoms with Gasteiger partial charge in [0.25, 0.3) is 11.8 Å². The summed E-state index contributed by atoms with van der Waals surface area (Å²) in [6.45, 7) is 7.05. The Hall–Kier alpha value is -4.19. The van der Waals surface area contributed by atoms with E-state index in [1.807, 2.05) is 6.92 Å². The summed E-state index contributed by atoms with van der Waals surface area (Å²) in [5.74, 6) is 0.137. The number of imidazole rings is 1. The average Bonchev–Trinajstić information content (AvgIpc) is 3.49. The largest absolute Gasteiger partial charge is 0.436 e. The summed E-state index contributed by atoms with van der Waals surface area (Å²) in [6.07, 6.45) is 2.81. The normalized spacial score (nSPS) is 12.5. The molecule has 1 atom stereocenters. The number of hydrogen-bond donors (Lipinski definition) is 2. The Labute approximate surface area is 210 Å². The zero-order chi connectivity index (χ0) is 26.7. The summed E-state index contributed by atoms with van der Waals surface area (Å²) in [7, 11) is 0. The Bertz CT molecular complexity index is 1440. The molecule has 194 valence electrons. The Morgan fingerprint density at radius 3 is 2.78 bits per heavy atom. The topological polar surface area (TPSA) is 107 Å². The molecule has 0 aliphatic carbocycles. The smallest absolute Gasteiger partial charge is 0.435 e. The number of rotatable bonds is 9. The minimum Gasteiger partial charge on any atom is -0.436 e. The Kier molecular flexibility index (Phi) is 7.30. The van der Waals surface area contributed by atoms with Crippen LogP contribution >= 0.6 is 0 Å². The van der Waals surface area contributed by atoms with E-state index in [0.717, 1.165) is 4.68 Å². The first-order valence-electron chi connectivity index (χ1n) is 11.5. The molecule has 37 heavy (non-hydrogen) atoms. The minimum absolute atomic E-state index is 0.0777. The number of aliphatic hydroxyl groups excluding tert-OH is 1. The molecule has 0 saturated heterocycles. The highest BCUT2D eigenvalue weighted by Gasteiger charge is 2.38. The lowest BCUT2D eigenvalue weighted by Crippen LogP contribution is -2.35. The van der Waals surface area contributed by atoms with Crippen LogP contribution in [-0.4, -0.2) is 47.8 Å². The number of halogens is 3. The predicted molar refractivity (Wildman–Crippen MR) is 129 cm³/mol. The van der Waals surface area contributed by atoms with Gasteiger partial charge in [0, 0.05) is 30.2 Å². The number of fused-ring (bicyclic) bond motifs is 1. The number of carbonyl (C=O) groups excluding carboxylic acids is 1. The number of hydrogen-bond acceptors (Lipinski definition) is 6. The highest BCUT2D eigenvalue weighted by molar-refractivity contribution is 5.96. The summed E-state index contributed by atoms with van der Waals surface area (Å²) in [4.78, 5) is 21.0. The number of carbonyl (C=O) groups is 1. The van der Waals surface area contributed by atoms with Crippen LogP contribution in [0.15, 0.2) is 55.6 Å². The molecule has 0 saturated carbocycles. The Morgan fingerprint density at radius 2 is 2.11 bits per heavy atom. The van der Waals surface area contributed by atoms with Gasteiger partial charge in [-0.3, -0.25) is 13.9 Å². The van der Waals surface area contributed by atoms with Crippen LogP contribution in [0.25, 0.3) is 16.9 Å². The van der Waals surface area contributed by atoms with Crippen LogP contribution < -0.4 is 10.1 Å². The maximum Gasteiger partial charge on any atom is 0.435 e. The highest BCUT2D eigenvalue weighted by atomic mass is 19.4. The molecular formula is C25H25F3N6O3. The number of alkyl halides is 3. The highest BCUT2D eigenvalue weighted by Crippen LogP contribution is 2.37. The van der Waals surface area contributed by atoms with Crippen molar-refractivity contribution in [1.82, 2.24) is 29.5 Å². The van der Waals surface area contributed by atoms with E-state index in [2.05, 4.69) is 27.0 Å². The number of aryl methyl sites for hydroxylation is 1. The zero-order valence-electron chi connectivity index (χ0n) is 20.2. The zero-order valence-corrected chi connectivity index (χ0v) is 20.2. The number of aliphatic hydroxyl groups is 1. The van der Waals surface area contributed by atoms with Gasteiger partial charge in [0.15, 0.2) is 5.69 Å². The van der Waals surface area contributed by atoms with E-state index in [4.69, 9.17) is 4.74 Å². The third kappa shape index (κ3) is 5.33. The fraction of sp³-hybridized carbons (Fsp3) is 0.280. The van der Waals surface area contributed by atoms with Crippen molar-refractivity contribution in [2.24, 2.45) is 0 Å². The van der Waals surface area contributed by atoms with Crippen molar-refractivity contribution in [3.05, 3.63) is 72.5 Å². The third-order valence-corrected chi connectivity index (χ3v) is 5.59. The van der Waals surface area contributed by atoms with Gasteiger partial charge in [-0.1, -0.05) is 13.0 Å². The van der Waals surface area contributed by atoms with Gasteiger partial charge in [0.05, 0.1) is 30.6 Å². The summed E-state index contributed by atoms with van der Waals surface area (Å²) >= 11 is 0. The molecule has 12 heteroatoms. The molecule has 0 fully saturated rings. The fourth-order valence-electron chi connectivity index (χ4n) is 3.82. The van der Waals surface area contributed by atoms with Crippen LogP contribution in [0.1, 0.15) is 35.5 Å². The second kappa shape index (κ2) is 10.4. The molecular weight excluding hydrogens is 489 g/mol. The minimum atomic E-state index is -4.67. The van der Waals surface area contributed by atoms with Crippen LogP contribution in [0.4, 0.5) is 13.2 Å². The van der Waals surface area contributed by atoms with Crippen molar-refractivity contribution in [3.63, 3.8) is 0 Å². The number of aromatic nitrogens is 5. The van der Waals surface area contributed by atoms with Crippen LogP contribution in [0, 0.1) is 0 Å². The summed E-state index contributed by atoms with van der Waals surface area (Å²) in [5.41, 5.74) is 0.358. The summed E-state index contributed by atoms with van der Waals surface area (Å²) < 4.78 is 49.7. The fourth-order valence-corrected chi connectivity index (χ4v) is 3.82. The second-order valence-electron chi connectivity index (χ2n) is 8.30. The van der Waals surface area contributed by atoms with Crippen molar-refractivity contribution < 1.29 is 27.8 Å². The van der Waals surface area contributed by atoms with Gasteiger partial charge in [-0.25, -0.2) is 9.97 Å². The molecule has 0 bridgehead atoms. The molecule has 0 unspecified atom stereocenters. The van der Waals surface area contributed by atoms with Crippen LogP contribution in [0.3, 0.4) is 0 Å². The average molecular weight is 515 g/mol. The lowest BCUT2D eigenvalue weighted by molar-refractivity contribution is -0.141. The first-order chi connectivity index (χ1) is 17.7. The number of nitrogens with one attached hydrogen (secondary N) is 1. The predicted octanol–water partition coefficient (Wildman–Crippen LogP) is 4.26. The molecule has 0 spiro atoms. The van der Waals surface area contributed by atoms with E-state index < -0.39 is 17.9 Å². The molecule has 1 aromatic carbocycles. The maximum atomic E-state index is 13.7. The molecule has 4 aromatic rings. The van der Waals surface area contributed by atoms with Gasteiger partial charge in [-0.2, -0.15) is 18.3 Å². The number of benzene rings is 1. The van der Waals surface area contributed by atoms with Crippen molar-refractivity contribution in [1.29, 1.82) is 0 Å². The van der Waals surface area contributed by atoms with E-state index in [1.165, 1.54) is 35.3 Å². The first-order valence-corrected chi connectivity index (χ1v) is 11.5. The van der Waals surface area contributed by atoms with E-state index in [-0.39, 0.29) is 41.8 Å². The Balaban J connectivity index is 1.69. The SMILES string of the molecule is C=CCn1cc(-c2cnc3c(Oc4ccc(C(=O)N[C@@H](C)CO)c(CC)c4)nccn23)c(C(F)(F)F)n1. The summed E-state index contributed by atoms with van der Waals surface area (Å²) in [5, 5.41) is 15.6. The number of amides is 1. The molecule has 9 nitrogen and oxygen atoms in total. The molecule has 1 amide bonds. The molecule has 4 rings (SSSR count). The monoisotopic (exact) mass is 514 g/mol. The van der Waals surface area contributed by atoms with Gasteiger partial charge >= 0.3 is 6.18 Å². The molecule has 0 radical (unpaired) electrons. The third-order valence-electron chi connectivity index (χ3n) is 5.59. The van der Waals surface area contributed by atoms with Gasteiger partial charge in [0.1, 0.15) is 5.75 Å². The maximum absolute atomic E-state index is 13.7. The van der Waals surface area contributed by atoms with Gasteiger partial charge in [-0.05, 0) is 37.1 Å². The molecule has 3 heterocycles. The van der Waals surface area contributed by atoms with Crippen molar-refractivity contribution in [3.8, 4) is 22.9 Å².